The molecule has 36 heavy (non-hydrogen) atoms. The maximum Gasteiger partial charge on any atom is 0.253 e. The Balaban J connectivity index is 1.27. The molecule has 3 heterocycles. The molecule has 1 aromatic carbocycles. The highest BCUT2D eigenvalue weighted by atomic mass is 16.5. The Morgan fingerprint density at radius 3 is 2.67 bits per heavy atom. The van der Waals surface area contributed by atoms with Gasteiger partial charge in [-0.25, -0.2) is 19.9 Å². The molecular weight excluding hydrogens is 462 g/mol. The monoisotopic (exact) mass is 491 g/mol. The number of ether oxygens (including phenoxy) is 2. The number of nitrogens with two attached hydrogens (primary N) is 1. The van der Waals surface area contributed by atoms with E-state index < -0.39 is 12.0 Å². The van der Waals surface area contributed by atoms with Gasteiger partial charge in [0.15, 0.2) is 11.9 Å². The molecule has 11 nitrogen and oxygen atoms in total. The van der Waals surface area contributed by atoms with Gasteiger partial charge < -0.3 is 30.5 Å². The van der Waals surface area contributed by atoms with Gasteiger partial charge in [0.1, 0.15) is 11.8 Å². The highest BCUT2D eigenvalue weighted by Gasteiger charge is 2.34. The minimum absolute atomic E-state index is 0.0847. The van der Waals surface area contributed by atoms with Gasteiger partial charge in [-0.05, 0) is 12.5 Å². The summed E-state index contributed by atoms with van der Waals surface area (Å²) >= 11 is 0. The third-order valence-electron chi connectivity index (χ3n) is 6.41. The second-order valence-electron chi connectivity index (χ2n) is 9.06. The maximum absolute atomic E-state index is 12.4. The molecule has 5 rings (SSSR count). The van der Waals surface area contributed by atoms with Gasteiger partial charge in [-0.15, -0.1) is 0 Å². The van der Waals surface area contributed by atoms with Gasteiger partial charge in [0.2, 0.25) is 11.9 Å². The number of hydrogen-bond donors (Lipinski definition) is 3. The van der Waals surface area contributed by atoms with Crippen LogP contribution in [0.4, 0.5) is 11.9 Å². The fourth-order valence-electron chi connectivity index (χ4n) is 4.30. The summed E-state index contributed by atoms with van der Waals surface area (Å²) in [6, 6.07) is 8.92. The summed E-state index contributed by atoms with van der Waals surface area (Å²) in [4.78, 5) is 32.1. The Morgan fingerprint density at radius 1 is 1.19 bits per heavy atom. The lowest BCUT2D eigenvalue weighted by atomic mass is 9.88. The SMILES string of the molecule is C[C@H]1COCCN1c1ncc(OC2CC(NC(=O)[C@H](O)c3ccccc3)C2)c(-c2cnc(N)nc2)n1. The van der Waals surface area contributed by atoms with Crippen molar-refractivity contribution < 1.29 is 19.4 Å². The van der Waals surface area contributed by atoms with Crippen LogP contribution in [0.3, 0.4) is 0 Å². The molecule has 3 aromatic rings. The summed E-state index contributed by atoms with van der Waals surface area (Å²) in [6.45, 7) is 3.98. The van der Waals surface area contributed by atoms with Crippen molar-refractivity contribution in [2.45, 2.75) is 44.1 Å². The minimum Gasteiger partial charge on any atom is -0.486 e. The number of morpholine rings is 1. The van der Waals surface area contributed by atoms with Gasteiger partial charge in [0, 0.05) is 43.4 Å². The van der Waals surface area contributed by atoms with E-state index in [-0.39, 0.29) is 24.1 Å². The van der Waals surface area contributed by atoms with Crippen molar-refractivity contribution in [3.63, 3.8) is 0 Å². The maximum atomic E-state index is 12.4. The van der Waals surface area contributed by atoms with E-state index in [1.165, 1.54) is 0 Å². The molecule has 2 fully saturated rings. The fraction of sp³-hybridized carbons (Fsp3) is 0.400. The topological polar surface area (TPSA) is 149 Å². The second-order valence-corrected chi connectivity index (χ2v) is 9.06. The minimum atomic E-state index is -1.20. The van der Waals surface area contributed by atoms with Crippen LogP contribution in [-0.4, -0.2) is 68.9 Å². The first kappa shape index (κ1) is 23.9. The quantitative estimate of drug-likeness (QED) is 0.444. The number of nitrogens with zero attached hydrogens (tertiary/aromatic N) is 5. The van der Waals surface area contributed by atoms with Gasteiger partial charge in [0.05, 0.1) is 25.5 Å². The third kappa shape index (κ3) is 5.21. The molecule has 1 aliphatic carbocycles. The normalized spacial score (nSPS) is 22.4. The first-order valence-corrected chi connectivity index (χ1v) is 12.0. The number of rotatable bonds is 7. The molecule has 1 amide bonds. The zero-order chi connectivity index (χ0) is 25.1. The molecule has 1 saturated heterocycles. The average molecular weight is 492 g/mol. The molecule has 4 N–H and O–H groups in total. The largest absolute Gasteiger partial charge is 0.486 e. The van der Waals surface area contributed by atoms with E-state index in [1.807, 2.05) is 6.07 Å². The smallest absolute Gasteiger partial charge is 0.253 e. The molecule has 0 bridgehead atoms. The lowest BCUT2D eigenvalue weighted by molar-refractivity contribution is -0.131. The summed E-state index contributed by atoms with van der Waals surface area (Å²) in [5.41, 5.74) is 7.47. The molecular formula is C25H29N7O4. The number of aliphatic hydroxyl groups is 1. The van der Waals surface area contributed by atoms with E-state index in [9.17, 15) is 9.90 Å². The van der Waals surface area contributed by atoms with Gasteiger partial charge in [-0.2, -0.15) is 0 Å². The number of amides is 1. The molecule has 0 radical (unpaired) electrons. The Bertz CT molecular complexity index is 1190. The van der Waals surface area contributed by atoms with Crippen LogP contribution in [0.15, 0.2) is 48.9 Å². The van der Waals surface area contributed by atoms with Crippen molar-refractivity contribution in [3.05, 3.63) is 54.5 Å². The molecule has 188 valence electrons. The molecule has 2 aromatic heterocycles. The van der Waals surface area contributed by atoms with Crippen LogP contribution < -0.4 is 20.7 Å². The summed E-state index contributed by atoms with van der Waals surface area (Å²) in [7, 11) is 0. The van der Waals surface area contributed by atoms with Crippen molar-refractivity contribution in [2.24, 2.45) is 0 Å². The molecule has 0 spiro atoms. The molecule has 2 aliphatic rings. The van der Waals surface area contributed by atoms with E-state index in [0.717, 1.165) is 0 Å². The van der Waals surface area contributed by atoms with E-state index in [4.69, 9.17) is 20.2 Å². The molecule has 11 heteroatoms. The van der Waals surface area contributed by atoms with E-state index in [1.54, 1.807) is 42.9 Å². The number of aliphatic hydroxyl groups excluding tert-OH is 1. The van der Waals surface area contributed by atoms with Gasteiger partial charge in [0.25, 0.3) is 5.91 Å². The van der Waals surface area contributed by atoms with Crippen molar-refractivity contribution in [3.8, 4) is 17.0 Å². The Hall–Kier alpha value is -3.83. The van der Waals surface area contributed by atoms with Crippen LogP contribution >= 0.6 is 0 Å². The number of nitrogens with one attached hydrogen (secondary N) is 1. The predicted octanol–water partition coefficient (Wildman–Crippen LogP) is 1.50. The third-order valence-corrected chi connectivity index (χ3v) is 6.41. The van der Waals surface area contributed by atoms with Crippen LogP contribution in [-0.2, 0) is 9.53 Å². The summed E-state index contributed by atoms with van der Waals surface area (Å²) < 4.78 is 11.8. The molecule has 0 unspecified atom stereocenters. The van der Waals surface area contributed by atoms with Crippen molar-refractivity contribution >= 4 is 17.8 Å². The fourth-order valence-corrected chi connectivity index (χ4v) is 4.30. The lowest BCUT2D eigenvalue weighted by Crippen LogP contribution is -2.50. The predicted molar refractivity (Wildman–Crippen MR) is 132 cm³/mol. The van der Waals surface area contributed by atoms with Crippen LogP contribution in [0.5, 0.6) is 5.75 Å². The van der Waals surface area contributed by atoms with E-state index in [0.29, 0.717) is 61.1 Å². The molecule has 1 aliphatic heterocycles. The van der Waals surface area contributed by atoms with E-state index >= 15 is 0 Å². The number of benzene rings is 1. The van der Waals surface area contributed by atoms with Crippen molar-refractivity contribution in [1.29, 1.82) is 0 Å². The summed E-state index contributed by atoms with van der Waals surface area (Å²) in [6.07, 6.45) is 4.76. The van der Waals surface area contributed by atoms with Crippen LogP contribution in [0, 0.1) is 0 Å². The first-order chi connectivity index (χ1) is 17.5. The summed E-state index contributed by atoms with van der Waals surface area (Å²) in [5.74, 6) is 0.843. The standard InChI is InChI=1S/C25H29N7O4/c1-15-14-35-8-7-32(15)25-29-13-20(21(31-25)17-11-27-24(26)28-12-17)36-19-9-18(10-19)30-23(34)22(33)16-5-3-2-4-6-16/h2-6,11-13,15,18-19,22,33H,7-10,14H2,1H3,(H,30,34)(H2,26,27,28)/t15-,18?,19?,22+/m0/s1. The number of nitrogen functional groups attached to an aromatic ring is 1. The second kappa shape index (κ2) is 10.4. The zero-order valence-corrected chi connectivity index (χ0v) is 19.9. The number of carbonyl (C=O) groups is 1. The average Bonchev–Trinajstić information content (AvgIpc) is 2.88. The number of anilines is 2. The van der Waals surface area contributed by atoms with E-state index in [2.05, 4.69) is 32.1 Å². The van der Waals surface area contributed by atoms with Gasteiger partial charge >= 0.3 is 0 Å². The van der Waals surface area contributed by atoms with Crippen molar-refractivity contribution in [2.75, 3.05) is 30.4 Å². The number of aromatic nitrogens is 4. The molecule has 2 atom stereocenters. The Kier molecular flexibility index (Phi) is 6.92. The molecule has 1 saturated carbocycles. The number of hydrogen-bond acceptors (Lipinski definition) is 10. The van der Waals surface area contributed by atoms with Crippen molar-refractivity contribution in [1.82, 2.24) is 25.3 Å². The summed E-state index contributed by atoms with van der Waals surface area (Å²) in [5, 5.41) is 13.2. The van der Waals surface area contributed by atoms with Crippen LogP contribution in [0.1, 0.15) is 31.4 Å². The Morgan fingerprint density at radius 2 is 1.94 bits per heavy atom. The highest BCUT2D eigenvalue weighted by Crippen LogP contribution is 2.34. The zero-order valence-electron chi connectivity index (χ0n) is 19.9. The first-order valence-electron chi connectivity index (χ1n) is 12.0. The number of carbonyl (C=O) groups excluding carboxylic acids is 1. The Labute approximate surface area is 208 Å². The van der Waals surface area contributed by atoms with Gasteiger partial charge in [-0.3, -0.25) is 4.79 Å². The lowest BCUT2D eigenvalue weighted by Gasteiger charge is -2.37. The van der Waals surface area contributed by atoms with Crippen LogP contribution in [0.25, 0.3) is 11.3 Å². The van der Waals surface area contributed by atoms with Gasteiger partial charge in [-0.1, -0.05) is 30.3 Å². The highest BCUT2D eigenvalue weighted by molar-refractivity contribution is 5.82. The van der Waals surface area contributed by atoms with Crippen LogP contribution in [0.2, 0.25) is 0 Å².